The van der Waals surface area contributed by atoms with Crippen molar-refractivity contribution in [3.8, 4) is 0 Å². The van der Waals surface area contributed by atoms with Crippen LogP contribution >= 0.6 is 0 Å². The molecule has 0 unspecified atom stereocenters. The van der Waals surface area contributed by atoms with Gasteiger partial charge in [-0.05, 0) is 36.5 Å². The van der Waals surface area contributed by atoms with Crippen LogP contribution in [0.1, 0.15) is 37.2 Å². The van der Waals surface area contributed by atoms with Gasteiger partial charge >= 0.3 is 0 Å². The second-order valence-corrected chi connectivity index (χ2v) is 5.65. The van der Waals surface area contributed by atoms with Crippen LogP contribution in [0.4, 0.5) is 0 Å². The minimum absolute atomic E-state index is 0.738. The van der Waals surface area contributed by atoms with Crippen molar-refractivity contribution >= 4 is 21.8 Å². The molecule has 1 saturated carbocycles. The van der Waals surface area contributed by atoms with Crippen LogP contribution in [0.2, 0.25) is 0 Å². The second kappa shape index (κ2) is 4.02. The van der Waals surface area contributed by atoms with E-state index in [1.807, 2.05) is 10.7 Å². The molecule has 4 rings (SSSR count). The summed E-state index contributed by atoms with van der Waals surface area (Å²) < 4.78 is 1.84. The molecular weight excluding hydrogens is 232 g/mol. The van der Waals surface area contributed by atoms with Gasteiger partial charge in [-0.3, -0.25) is 4.68 Å². The zero-order chi connectivity index (χ0) is 12.8. The average molecular weight is 250 g/mol. The molecule has 0 saturated heterocycles. The Balaban J connectivity index is 1.98. The monoisotopic (exact) mass is 250 g/mol. The molecule has 0 amide bonds. The molecule has 1 heterocycles. The van der Waals surface area contributed by atoms with Crippen molar-refractivity contribution in [1.82, 2.24) is 4.68 Å². The molecule has 2 N–H and O–H groups in total. The van der Waals surface area contributed by atoms with Crippen LogP contribution in [0, 0.1) is 0 Å². The smallest absolute Gasteiger partial charge is 0.0706 e. The average Bonchev–Trinajstić information content (AvgIpc) is 3.08. The number of nitrogens with zero attached hydrogens (tertiary/aromatic N) is 1. The molecule has 1 aliphatic carbocycles. The van der Waals surface area contributed by atoms with Gasteiger partial charge in [0, 0.05) is 10.8 Å². The van der Waals surface area contributed by atoms with E-state index in [1.165, 1.54) is 42.0 Å². The maximum absolute atomic E-state index is 6.26. The summed E-state index contributed by atoms with van der Waals surface area (Å²) in [6.45, 7) is 0. The summed E-state index contributed by atoms with van der Waals surface area (Å²) in [5, 5.41) is 2.51. The fourth-order valence-corrected chi connectivity index (χ4v) is 3.53. The third-order valence-corrected chi connectivity index (χ3v) is 4.56. The lowest BCUT2D eigenvalue weighted by Gasteiger charge is -2.09. The Morgan fingerprint density at radius 1 is 0.895 bits per heavy atom. The molecule has 0 atom stereocenters. The number of hydrogen-bond donors (Lipinski definition) is 1. The SMILES string of the molecule is Nn1c2ccccc2c2ccc(C3CCCC3)cc21. The van der Waals surface area contributed by atoms with Crippen molar-refractivity contribution in [3.63, 3.8) is 0 Å². The molecule has 96 valence electrons. The molecule has 0 spiro atoms. The Hall–Kier alpha value is -1.96. The molecule has 1 aliphatic rings. The molecule has 1 fully saturated rings. The highest BCUT2D eigenvalue weighted by Gasteiger charge is 2.18. The van der Waals surface area contributed by atoms with E-state index in [4.69, 9.17) is 5.84 Å². The molecule has 2 aromatic carbocycles. The predicted molar refractivity (Wildman–Crippen MR) is 80.8 cm³/mol. The summed E-state index contributed by atoms with van der Waals surface area (Å²) in [5.41, 5.74) is 3.73. The highest BCUT2D eigenvalue weighted by molar-refractivity contribution is 6.08. The zero-order valence-electron chi connectivity index (χ0n) is 11.0. The van der Waals surface area contributed by atoms with Crippen LogP contribution in [-0.2, 0) is 0 Å². The van der Waals surface area contributed by atoms with Gasteiger partial charge in [0.2, 0.25) is 0 Å². The van der Waals surface area contributed by atoms with Crippen LogP contribution in [0.15, 0.2) is 42.5 Å². The number of para-hydroxylation sites is 1. The first-order valence-electron chi connectivity index (χ1n) is 7.13. The first kappa shape index (κ1) is 10.9. The van der Waals surface area contributed by atoms with E-state index in [0.29, 0.717) is 0 Å². The number of benzene rings is 2. The second-order valence-electron chi connectivity index (χ2n) is 5.65. The van der Waals surface area contributed by atoms with Crippen LogP contribution in [-0.4, -0.2) is 4.68 Å². The van der Waals surface area contributed by atoms with Gasteiger partial charge in [0.15, 0.2) is 0 Å². The van der Waals surface area contributed by atoms with Crippen molar-refractivity contribution in [2.45, 2.75) is 31.6 Å². The number of nitrogen functional groups attached to an aromatic ring is 1. The Kier molecular flexibility index (Phi) is 2.31. The van der Waals surface area contributed by atoms with E-state index >= 15 is 0 Å². The fraction of sp³-hybridized carbons (Fsp3) is 0.294. The highest BCUT2D eigenvalue weighted by Crippen LogP contribution is 2.36. The lowest BCUT2D eigenvalue weighted by molar-refractivity contribution is 0.724. The topological polar surface area (TPSA) is 30.9 Å². The molecule has 2 nitrogen and oxygen atoms in total. The van der Waals surface area contributed by atoms with Gasteiger partial charge in [0.1, 0.15) is 0 Å². The molecule has 0 bridgehead atoms. The number of fused-ring (bicyclic) bond motifs is 3. The largest absolute Gasteiger partial charge is 0.339 e. The van der Waals surface area contributed by atoms with E-state index in [-0.39, 0.29) is 0 Å². The zero-order valence-corrected chi connectivity index (χ0v) is 11.0. The van der Waals surface area contributed by atoms with Crippen molar-refractivity contribution < 1.29 is 0 Å². The number of nitrogens with two attached hydrogens (primary N) is 1. The van der Waals surface area contributed by atoms with E-state index in [1.54, 1.807) is 0 Å². The Morgan fingerprint density at radius 3 is 2.47 bits per heavy atom. The predicted octanol–water partition coefficient (Wildman–Crippen LogP) is 4.17. The lowest BCUT2D eigenvalue weighted by Crippen LogP contribution is -2.07. The number of rotatable bonds is 1. The normalized spacial score (nSPS) is 16.6. The van der Waals surface area contributed by atoms with Crippen molar-refractivity contribution in [1.29, 1.82) is 0 Å². The van der Waals surface area contributed by atoms with E-state index in [2.05, 4.69) is 36.4 Å². The third-order valence-electron chi connectivity index (χ3n) is 4.56. The summed E-state index contributed by atoms with van der Waals surface area (Å²) in [6.07, 6.45) is 5.40. The van der Waals surface area contributed by atoms with Gasteiger partial charge in [0.05, 0.1) is 11.0 Å². The van der Waals surface area contributed by atoms with Crippen molar-refractivity contribution in [2.75, 3.05) is 5.84 Å². The van der Waals surface area contributed by atoms with Gasteiger partial charge in [-0.25, -0.2) is 0 Å². The summed E-state index contributed by atoms with van der Waals surface area (Å²) >= 11 is 0. The summed E-state index contributed by atoms with van der Waals surface area (Å²) in [5.74, 6) is 7.00. The van der Waals surface area contributed by atoms with Crippen LogP contribution < -0.4 is 5.84 Å². The summed E-state index contributed by atoms with van der Waals surface area (Å²) in [7, 11) is 0. The minimum Gasteiger partial charge on any atom is -0.339 e. The minimum atomic E-state index is 0.738. The van der Waals surface area contributed by atoms with Gasteiger partial charge in [-0.15, -0.1) is 0 Å². The van der Waals surface area contributed by atoms with Crippen LogP contribution in [0.5, 0.6) is 0 Å². The molecule has 0 aliphatic heterocycles. The lowest BCUT2D eigenvalue weighted by atomic mass is 9.96. The quantitative estimate of drug-likeness (QED) is 0.646. The van der Waals surface area contributed by atoms with Gasteiger partial charge in [-0.2, -0.15) is 0 Å². The summed E-state index contributed by atoms with van der Waals surface area (Å²) in [6, 6.07) is 15.2. The van der Waals surface area contributed by atoms with Crippen LogP contribution in [0.3, 0.4) is 0 Å². The molecule has 0 radical (unpaired) electrons. The Bertz CT molecular complexity index is 748. The number of aromatic nitrogens is 1. The molecule has 1 aromatic heterocycles. The first-order valence-corrected chi connectivity index (χ1v) is 7.13. The maximum Gasteiger partial charge on any atom is 0.0706 e. The van der Waals surface area contributed by atoms with Gasteiger partial charge in [0.25, 0.3) is 0 Å². The fourth-order valence-electron chi connectivity index (χ4n) is 3.53. The van der Waals surface area contributed by atoms with Crippen LogP contribution in [0.25, 0.3) is 21.8 Å². The molecule has 2 heteroatoms. The van der Waals surface area contributed by atoms with Crippen molar-refractivity contribution in [3.05, 3.63) is 48.0 Å². The van der Waals surface area contributed by atoms with Crippen molar-refractivity contribution in [2.24, 2.45) is 0 Å². The molecule has 3 aromatic rings. The summed E-state index contributed by atoms with van der Waals surface area (Å²) in [4.78, 5) is 0. The first-order chi connectivity index (χ1) is 9.34. The van der Waals surface area contributed by atoms with E-state index < -0.39 is 0 Å². The highest BCUT2D eigenvalue weighted by atomic mass is 15.3. The Labute approximate surface area is 112 Å². The van der Waals surface area contributed by atoms with Gasteiger partial charge in [-0.1, -0.05) is 43.2 Å². The molecule has 19 heavy (non-hydrogen) atoms. The maximum atomic E-state index is 6.26. The van der Waals surface area contributed by atoms with E-state index in [0.717, 1.165) is 17.0 Å². The standard InChI is InChI=1S/C17H18N2/c18-19-16-8-4-3-7-14(16)15-10-9-13(11-17(15)19)12-5-1-2-6-12/h3-4,7-12H,1-2,5-6,18H2. The van der Waals surface area contributed by atoms with E-state index in [9.17, 15) is 0 Å². The number of hydrogen-bond acceptors (Lipinski definition) is 1. The third kappa shape index (κ3) is 1.56. The Morgan fingerprint density at radius 2 is 1.63 bits per heavy atom. The molecular formula is C17H18N2. The van der Waals surface area contributed by atoms with Gasteiger partial charge < -0.3 is 5.84 Å².